The monoisotopic (exact) mass is 401 g/mol. The third kappa shape index (κ3) is 7.09. The number of nitrogens with one attached hydrogen (secondary N) is 1. The number of esters is 1. The topological polar surface area (TPSA) is 114 Å². The number of ether oxygens (including phenoxy) is 2. The van der Waals surface area contributed by atoms with Crippen LogP contribution < -0.4 is 15.0 Å². The fourth-order valence-electron chi connectivity index (χ4n) is 2.26. The lowest BCUT2D eigenvalue weighted by molar-refractivity contribution is -0.150. The Morgan fingerprint density at radius 3 is 2.48 bits per heavy atom. The van der Waals surface area contributed by atoms with Gasteiger partial charge in [-0.15, -0.1) is 0 Å². The fourth-order valence-corrected chi connectivity index (χ4v) is 2.26. The molecule has 0 atom stereocenters. The smallest absolute Gasteiger partial charge is 0.326 e. The summed E-state index contributed by atoms with van der Waals surface area (Å²) in [5, 5.41) is 2.67. The van der Waals surface area contributed by atoms with Crippen molar-refractivity contribution in [3.63, 3.8) is 0 Å². The summed E-state index contributed by atoms with van der Waals surface area (Å²) in [5.41, 5.74) is 0.549. The predicted octanol–water partition coefficient (Wildman–Crippen LogP) is 0.562. The van der Waals surface area contributed by atoms with Gasteiger partial charge in [0.1, 0.15) is 12.3 Å². The molecule has 0 saturated heterocycles. The molecule has 1 heterocycles. The first-order chi connectivity index (χ1) is 13.9. The van der Waals surface area contributed by atoms with E-state index in [1.807, 2.05) is 0 Å². The van der Waals surface area contributed by atoms with E-state index in [0.29, 0.717) is 17.4 Å². The van der Waals surface area contributed by atoms with Gasteiger partial charge in [-0.3, -0.25) is 14.4 Å². The van der Waals surface area contributed by atoms with Gasteiger partial charge in [0.05, 0.1) is 13.7 Å². The molecule has 10 heteroatoms. The molecule has 2 aromatic rings. The third-order valence-electron chi connectivity index (χ3n) is 3.78. The van der Waals surface area contributed by atoms with E-state index in [2.05, 4.69) is 15.3 Å². The van der Waals surface area contributed by atoms with Gasteiger partial charge in [-0.1, -0.05) is 6.07 Å². The van der Waals surface area contributed by atoms with E-state index in [1.54, 1.807) is 49.8 Å². The van der Waals surface area contributed by atoms with Crippen LogP contribution in [0.15, 0.2) is 42.7 Å². The number of likely N-dealkylation sites (N-methyl/N-ethyl adjacent to an activating group) is 2. The molecule has 2 amide bonds. The Morgan fingerprint density at radius 1 is 1.07 bits per heavy atom. The molecule has 0 fully saturated rings. The lowest BCUT2D eigenvalue weighted by Gasteiger charge is -2.18. The molecule has 0 saturated carbocycles. The van der Waals surface area contributed by atoms with E-state index in [-0.39, 0.29) is 19.0 Å². The van der Waals surface area contributed by atoms with Crippen LogP contribution in [0.2, 0.25) is 0 Å². The van der Waals surface area contributed by atoms with Crippen molar-refractivity contribution >= 4 is 29.4 Å². The van der Waals surface area contributed by atoms with E-state index in [1.165, 1.54) is 24.0 Å². The van der Waals surface area contributed by atoms with Crippen LogP contribution in [0.25, 0.3) is 0 Å². The van der Waals surface area contributed by atoms with Gasteiger partial charge in [0.25, 0.3) is 5.91 Å². The maximum absolute atomic E-state index is 12.1. The van der Waals surface area contributed by atoms with Crippen molar-refractivity contribution < 1.29 is 23.9 Å². The molecule has 0 aliphatic carbocycles. The Labute approximate surface area is 168 Å². The minimum Gasteiger partial charge on any atom is -0.497 e. The largest absolute Gasteiger partial charge is 0.497 e. The van der Waals surface area contributed by atoms with Crippen molar-refractivity contribution in [1.29, 1.82) is 0 Å². The standard InChI is InChI=1S/C19H23N5O5/c1-23(11-16(25)22-14-6-4-7-15(10-14)28-3)17(26)13-29-18(27)12-24(2)19-20-8-5-9-21-19/h4-10H,11-13H2,1-3H3,(H,22,25). The lowest BCUT2D eigenvalue weighted by atomic mass is 10.3. The van der Waals surface area contributed by atoms with Gasteiger partial charge in [0, 0.05) is 38.2 Å². The van der Waals surface area contributed by atoms with Gasteiger partial charge in [-0.05, 0) is 18.2 Å². The van der Waals surface area contributed by atoms with Crippen molar-refractivity contribution in [2.75, 3.05) is 51.1 Å². The second kappa shape index (κ2) is 10.6. The Kier molecular flexibility index (Phi) is 7.89. The summed E-state index contributed by atoms with van der Waals surface area (Å²) in [4.78, 5) is 46.8. The van der Waals surface area contributed by atoms with Crippen LogP contribution in [0, 0.1) is 0 Å². The summed E-state index contributed by atoms with van der Waals surface area (Å²) in [5.74, 6) is -0.534. The zero-order valence-electron chi connectivity index (χ0n) is 16.5. The number of carbonyl (C=O) groups excluding carboxylic acids is 3. The quantitative estimate of drug-likeness (QED) is 0.607. The Hall–Kier alpha value is -3.69. The van der Waals surface area contributed by atoms with Crippen LogP contribution in [0.3, 0.4) is 0 Å². The molecule has 2 rings (SSSR count). The number of anilines is 2. The lowest BCUT2D eigenvalue weighted by Crippen LogP contribution is -2.38. The number of benzene rings is 1. The minimum atomic E-state index is -0.609. The highest BCUT2D eigenvalue weighted by molar-refractivity contribution is 5.95. The Bertz CT molecular complexity index is 846. The average molecular weight is 401 g/mol. The van der Waals surface area contributed by atoms with Crippen molar-refractivity contribution in [3.8, 4) is 5.75 Å². The Morgan fingerprint density at radius 2 is 1.79 bits per heavy atom. The van der Waals surface area contributed by atoms with Gasteiger partial charge < -0.3 is 24.6 Å². The molecule has 0 aliphatic heterocycles. The number of nitrogens with zero attached hydrogens (tertiary/aromatic N) is 4. The number of hydrogen-bond donors (Lipinski definition) is 1. The summed E-state index contributed by atoms with van der Waals surface area (Å²) in [6.07, 6.45) is 3.11. The maximum atomic E-state index is 12.1. The van der Waals surface area contributed by atoms with Gasteiger partial charge >= 0.3 is 5.97 Å². The summed E-state index contributed by atoms with van der Waals surface area (Å²) < 4.78 is 10.1. The number of carbonyl (C=O) groups is 3. The van der Waals surface area contributed by atoms with Crippen LogP contribution >= 0.6 is 0 Å². The van der Waals surface area contributed by atoms with E-state index < -0.39 is 18.5 Å². The SMILES string of the molecule is COc1cccc(NC(=O)CN(C)C(=O)COC(=O)CN(C)c2ncccn2)c1. The molecule has 154 valence electrons. The van der Waals surface area contributed by atoms with Gasteiger partial charge in [0.15, 0.2) is 6.61 Å². The second-order valence-electron chi connectivity index (χ2n) is 6.10. The zero-order chi connectivity index (χ0) is 21.2. The molecule has 0 bridgehead atoms. The minimum absolute atomic E-state index is 0.114. The highest BCUT2D eigenvalue weighted by atomic mass is 16.5. The van der Waals surface area contributed by atoms with Gasteiger partial charge in [-0.25, -0.2) is 9.97 Å². The molecule has 29 heavy (non-hydrogen) atoms. The van der Waals surface area contributed by atoms with Gasteiger partial charge in [-0.2, -0.15) is 0 Å². The van der Waals surface area contributed by atoms with E-state index >= 15 is 0 Å². The first kappa shape index (κ1) is 21.6. The number of methoxy groups -OCH3 is 1. The third-order valence-corrected chi connectivity index (χ3v) is 3.78. The van der Waals surface area contributed by atoms with Crippen molar-refractivity contribution in [2.24, 2.45) is 0 Å². The number of hydrogen-bond acceptors (Lipinski definition) is 8. The second-order valence-corrected chi connectivity index (χ2v) is 6.10. The van der Waals surface area contributed by atoms with Crippen LogP contribution in [0.4, 0.5) is 11.6 Å². The van der Waals surface area contributed by atoms with E-state index in [9.17, 15) is 14.4 Å². The molecule has 1 aromatic heterocycles. The molecule has 0 unspecified atom stereocenters. The van der Waals surface area contributed by atoms with Gasteiger partial charge in [0.2, 0.25) is 11.9 Å². The van der Waals surface area contributed by atoms with Crippen molar-refractivity contribution in [2.45, 2.75) is 0 Å². The average Bonchev–Trinajstić information content (AvgIpc) is 2.72. The molecular weight excluding hydrogens is 378 g/mol. The molecule has 0 spiro atoms. The number of amides is 2. The number of rotatable bonds is 9. The number of aromatic nitrogens is 2. The molecule has 1 N–H and O–H groups in total. The first-order valence-corrected chi connectivity index (χ1v) is 8.70. The first-order valence-electron chi connectivity index (χ1n) is 8.70. The molecule has 1 aromatic carbocycles. The molecular formula is C19H23N5O5. The van der Waals surface area contributed by atoms with Crippen LogP contribution in [-0.2, 0) is 19.1 Å². The highest BCUT2D eigenvalue weighted by Gasteiger charge is 2.17. The van der Waals surface area contributed by atoms with Crippen molar-refractivity contribution in [3.05, 3.63) is 42.7 Å². The molecule has 0 radical (unpaired) electrons. The highest BCUT2D eigenvalue weighted by Crippen LogP contribution is 2.16. The van der Waals surface area contributed by atoms with E-state index in [0.717, 1.165) is 0 Å². The molecule has 10 nitrogen and oxygen atoms in total. The zero-order valence-corrected chi connectivity index (χ0v) is 16.5. The maximum Gasteiger partial charge on any atom is 0.326 e. The summed E-state index contributed by atoms with van der Waals surface area (Å²) in [7, 11) is 4.61. The summed E-state index contributed by atoms with van der Waals surface area (Å²) in [6, 6.07) is 8.52. The molecule has 0 aliphatic rings. The van der Waals surface area contributed by atoms with Crippen LogP contribution in [0.5, 0.6) is 5.75 Å². The predicted molar refractivity (Wildman–Crippen MR) is 106 cm³/mol. The Balaban J connectivity index is 1.75. The normalized spacial score (nSPS) is 10.0. The summed E-state index contributed by atoms with van der Waals surface area (Å²) in [6.45, 7) is -0.770. The van der Waals surface area contributed by atoms with Crippen molar-refractivity contribution in [1.82, 2.24) is 14.9 Å². The summed E-state index contributed by atoms with van der Waals surface area (Å²) >= 11 is 0. The van der Waals surface area contributed by atoms with Crippen LogP contribution in [-0.4, -0.2) is 73.6 Å². The van der Waals surface area contributed by atoms with Crippen LogP contribution in [0.1, 0.15) is 0 Å². The van der Waals surface area contributed by atoms with E-state index in [4.69, 9.17) is 9.47 Å². The fraction of sp³-hybridized carbons (Fsp3) is 0.316.